The first-order chi connectivity index (χ1) is 14.4. The standard InChI is InChI=1S/C22H25ClN2O4S/c1-29-20-7-2-4-16(12-20)14-25-15-18-8-10-24(11-9-21(18)30(25,27)28)22(26)17-5-3-6-19(23)13-17/h2-7,12-13,18,21H,8-11,14-15H2,1H3/t18-,21-/m1/s1. The molecule has 0 spiro atoms. The summed E-state index contributed by atoms with van der Waals surface area (Å²) in [5.74, 6) is 0.648. The molecular weight excluding hydrogens is 424 g/mol. The van der Waals surface area contributed by atoms with Gasteiger partial charge in [0.05, 0.1) is 12.4 Å². The lowest BCUT2D eigenvalue weighted by atomic mass is 10.0. The number of benzene rings is 2. The van der Waals surface area contributed by atoms with Crippen LogP contribution < -0.4 is 4.74 Å². The van der Waals surface area contributed by atoms with Crippen LogP contribution in [0.5, 0.6) is 5.75 Å². The van der Waals surface area contributed by atoms with Crippen LogP contribution >= 0.6 is 11.6 Å². The van der Waals surface area contributed by atoms with E-state index in [1.807, 2.05) is 24.3 Å². The Morgan fingerprint density at radius 1 is 1.13 bits per heavy atom. The zero-order valence-electron chi connectivity index (χ0n) is 16.8. The lowest BCUT2D eigenvalue weighted by Crippen LogP contribution is -2.34. The summed E-state index contributed by atoms with van der Waals surface area (Å²) in [6.07, 6.45) is 1.12. The quantitative estimate of drug-likeness (QED) is 0.718. The fraction of sp³-hybridized carbons (Fsp3) is 0.409. The first-order valence-corrected chi connectivity index (χ1v) is 11.9. The van der Waals surface area contributed by atoms with E-state index in [-0.39, 0.29) is 11.8 Å². The van der Waals surface area contributed by atoms with Crippen LogP contribution in [0.4, 0.5) is 0 Å². The molecule has 0 radical (unpaired) electrons. The SMILES string of the molecule is COc1cccc(CN2C[C@H]3CCN(C(=O)c4cccc(Cl)c4)CC[C@H]3S2(=O)=O)c1. The largest absolute Gasteiger partial charge is 0.497 e. The van der Waals surface area contributed by atoms with Crippen LogP contribution in [0.1, 0.15) is 28.8 Å². The molecule has 2 saturated heterocycles. The van der Waals surface area contributed by atoms with Gasteiger partial charge in [0.15, 0.2) is 0 Å². The third kappa shape index (κ3) is 4.19. The normalized spacial score (nSPS) is 23.6. The molecule has 2 aliphatic rings. The molecule has 0 bridgehead atoms. The van der Waals surface area contributed by atoms with Crippen molar-refractivity contribution in [1.29, 1.82) is 0 Å². The second-order valence-electron chi connectivity index (χ2n) is 7.87. The number of amides is 1. The van der Waals surface area contributed by atoms with Crippen LogP contribution in [0.3, 0.4) is 0 Å². The fourth-order valence-electron chi connectivity index (χ4n) is 4.43. The number of hydrogen-bond donors (Lipinski definition) is 0. The van der Waals surface area contributed by atoms with E-state index in [9.17, 15) is 13.2 Å². The maximum absolute atomic E-state index is 13.2. The zero-order valence-corrected chi connectivity index (χ0v) is 18.4. The molecule has 2 heterocycles. The molecule has 8 heteroatoms. The molecule has 0 aromatic heterocycles. The van der Waals surface area contributed by atoms with Crippen LogP contribution in [-0.4, -0.2) is 55.5 Å². The Morgan fingerprint density at radius 3 is 2.67 bits per heavy atom. The molecule has 4 rings (SSSR count). The number of ether oxygens (including phenoxy) is 1. The molecule has 6 nitrogen and oxygen atoms in total. The number of carbonyl (C=O) groups is 1. The molecule has 2 aromatic carbocycles. The highest BCUT2D eigenvalue weighted by Gasteiger charge is 2.47. The summed E-state index contributed by atoms with van der Waals surface area (Å²) in [6, 6.07) is 14.4. The summed E-state index contributed by atoms with van der Waals surface area (Å²) in [5, 5.41) is 0.0728. The maximum atomic E-state index is 13.2. The lowest BCUT2D eigenvalue weighted by molar-refractivity contribution is 0.0759. The van der Waals surface area contributed by atoms with Gasteiger partial charge in [-0.2, -0.15) is 4.31 Å². The Labute approximate surface area is 182 Å². The summed E-state index contributed by atoms with van der Waals surface area (Å²) in [5.41, 5.74) is 1.45. The third-order valence-corrected chi connectivity index (χ3v) is 8.63. The second-order valence-corrected chi connectivity index (χ2v) is 10.5. The van der Waals surface area contributed by atoms with Crippen molar-refractivity contribution in [3.63, 3.8) is 0 Å². The second kappa shape index (κ2) is 8.57. The smallest absolute Gasteiger partial charge is 0.253 e. The van der Waals surface area contributed by atoms with Gasteiger partial charge in [-0.15, -0.1) is 0 Å². The molecule has 2 aromatic rings. The predicted molar refractivity (Wildman–Crippen MR) is 116 cm³/mol. The average Bonchev–Trinajstić information content (AvgIpc) is 2.87. The monoisotopic (exact) mass is 448 g/mol. The molecule has 0 unspecified atom stereocenters. The van der Waals surface area contributed by atoms with Crippen LogP contribution in [-0.2, 0) is 16.6 Å². The van der Waals surface area contributed by atoms with Gasteiger partial charge in [-0.05, 0) is 54.7 Å². The first-order valence-electron chi connectivity index (χ1n) is 10.0. The molecule has 0 N–H and O–H groups in total. The molecule has 2 fully saturated rings. The number of carbonyl (C=O) groups excluding carboxylic acids is 1. The highest BCUT2D eigenvalue weighted by molar-refractivity contribution is 7.90. The molecule has 2 atom stereocenters. The highest BCUT2D eigenvalue weighted by atomic mass is 35.5. The molecule has 1 amide bonds. The molecule has 0 saturated carbocycles. The first kappa shape index (κ1) is 21.2. The van der Waals surface area contributed by atoms with E-state index in [1.54, 1.807) is 40.6 Å². The number of sulfonamides is 1. The van der Waals surface area contributed by atoms with Gasteiger partial charge in [0.1, 0.15) is 5.75 Å². The van der Waals surface area contributed by atoms with Gasteiger partial charge in [0, 0.05) is 36.8 Å². The Balaban J connectivity index is 1.46. The number of nitrogens with zero attached hydrogens (tertiary/aromatic N) is 2. The molecule has 160 valence electrons. The van der Waals surface area contributed by atoms with Crippen molar-refractivity contribution in [3.8, 4) is 5.75 Å². The van der Waals surface area contributed by atoms with E-state index in [1.165, 1.54) is 0 Å². The molecule has 2 aliphatic heterocycles. The number of halogens is 1. The van der Waals surface area contributed by atoms with E-state index in [0.717, 1.165) is 5.56 Å². The van der Waals surface area contributed by atoms with Crippen molar-refractivity contribution in [2.75, 3.05) is 26.7 Å². The number of methoxy groups -OCH3 is 1. The van der Waals surface area contributed by atoms with Crippen LogP contribution in [0.25, 0.3) is 0 Å². The minimum atomic E-state index is -3.42. The van der Waals surface area contributed by atoms with Crippen LogP contribution in [0.2, 0.25) is 5.02 Å². The van der Waals surface area contributed by atoms with Crippen molar-refractivity contribution in [2.45, 2.75) is 24.6 Å². The molecule has 0 aliphatic carbocycles. The summed E-state index contributed by atoms with van der Waals surface area (Å²) in [7, 11) is -1.82. The van der Waals surface area contributed by atoms with Gasteiger partial charge in [0.2, 0.25) is 10.0 Å². The van der Waals surface area contributed by atoms with E-state index < -0.39 is 15.3 Å². The van der Waals surface area contributed by atoms with Crippen LogP contribution in [0, 0.1) is 5.92 Å². The average molecular weight is 449 g/mol. The van der Waals surface area contributed by atoms with E-state index in [4.69, 9.17) is 16.3 Å². The number of likely N-dealkylation sites (tertiary alicyclic amines) is 1. The van der Waals surface area contributed by atoms with Crippen LogP contribution in [0.15, 0.2) is 48.5 Å². The molecular formula is C22H25ClN2O4S. The van der Waals surface area contributed by atoms with E-state index in [2.05, 4.69) is 0 Å². The van der Waals surface area contributed by atoms with Crippen molar-refractivity contribution in [2.24, 2.45) is 5.92 Å². The van der Waals surface area contributed by atoms with E-state index in [0.29, 0.717) is 55.4 Å². The maximum Gasteiger partial charge on any atom is 0.253 e. The minimum absolute atomic E-state index is 0.0257. The summed E-state index contributed by atoms with van der Waals surface area (Å²) in [4.78, 5) is 14.6. The van der Waals surface area contributed by atoms with Crippen molar-refractivity contribution >= 4 is 27.5 Å². The fourth-order valence-corrected chi connectivity index (χ4v) is 6.85. The topological polar surface area (TPSA) is 66.9 Å². The van der Waals surface area contributed by atoms with Crippen molar-refractivity contribution in [1.82, 2.24) is 9.21 Å². The number of hydrogen-bond acceptors (Lipinski definition) is 4. The van der Waals surface area contributed by atoms with E-state index >= 15 is 0 Å². The predicted octanol–water partition coefficient (Wildman–Crippen LogP) is 3.42. The van der Waals surface area contributed by atoms with Gasteiger partial charge in [0.25, 0.3) is 5.91 Å². The van der Waals surface area contributed by atoms with Crippen molar-refractivity contribution in [3.05, 3.63) is 64.7 Å². The number of rotatable bonds is 4. The third-order valence-electron chi connectivity index (χ3n) is 6.01. The number of fused-ring (bicyclic) bond motifs is 1. The van der Waals surface area contributed by atoms with Gasteiger partial charge in [-0.25, -0.2) is 8.42 Å². The zero-order chi connectivity index (χ0) is 21.3. The minimum Gasteiger partial charge on any atom is -0.497 e. The summed E-state index contributed by atoms with van der Waals surface area (Å²) in [6.45, 7) is 1.81. The highest BCUT2D eigenvalue weighted by Crippen LogP contribution is 2.35. The Kier molecular flexibility index (Phi) is 6.04. The van der Waals surface area contributed by atoms with Crippen molar-refractivity contribution < 1.29 is 17.9 Å². The Bertz CT molecular complexity index is 1040. The Hall–Kier alpha value is -2.09. The molecule has 30 heavy (non-hydrogen) atoms. The lowest BCUT2D eigenvalue weighted by Gasteiger charge is -2.22. The van der Waals surface area contributed by atoms with Gasteiger partial charge in [-0.1, -0.05) is 29.8 Å². The summed E-state index contributed by atoms with van der Waals surface area (Å²) >= 11 is 6.01. The van der Waals surface area contributed by atoms with Gasteiger partial charge < -0.3 is 9.64 Å². The summed E-state index contributed by atoms with van der Waals surface area (Å²) < 4.78 is 33.2. The Morgan fingerprint density at radius 2 is 1.90 bits per heavy atom. The van der Waals surface area contributed by atoms with Gasteiger partial charge in [-0.3, -0.25) is 4.79 Å². The van der Waals surface area contributed by atoms with Gasteiger partial charge >= 0.3 is 0 Å².